The SMILES string of the molecule is CN(CC1CCCC[N]1)C1CCCCC1. The minimum atomic E-state index is 0.644. The molecule has 0 N–H and O–H groups in total. The van der Waals surface area contributed by atoms with Gasteiger partial charge in [0.2, 0.25) is 0 Å². The molecule has 2 rings (SSSR count). The van der Waals surface area contributed by atoms with Crippen LogP contribution in [-0.2, 0) is 0 Å². The van der Waals surface area contributed by atoms with E-state index in [0.29, 0.717) is 6.04 Å². The molecule has 1 saturated carbocycles. The lowest BCUT2D eigenvalue weighted by Gasteiger charge is -2.34. The first-order valence-corrected chi connectivity index (χ1v) is 6.73. The second-order valence-electron chi connectivity index (χ2n) is 5.29. The zero-order chi connectivity index (χ0) is 10.5. The Labute approximate surface area is 94.4 Å². The smallest absolute Gasteiger partial charge is 0.0373 e. The number of hydrogen-bond donors (Lipinski definition) is 0. The highest BCUT2D eigenvalue weighted by atomic mass is 15.2. The minimum absolute atomic E-state index is 0.644. The Morgan fingerprint density at radius 3 is 2.40 bits per heavy atom. The highest BCUT2D eigenvalue weighted by Gasteiger charge is 2.22. The molecule has 1 aliphatic carbocycles. The Bertz CT molecular complexity index is 169. The molecule has 2 heteroatoms. The molecule has 0 bridgehead atoms. The maximum atomic E-state index is 4.72. The van der Waals surface area contributed by atoms with Gasteiger partial charge in [0.25, 0.3) is 0 Å². The summed E-state index contributed by atoms with van der Waals surface area (Å²) in [4.78, 5) is 2.58. The highest BCUT2D eigenvalue weighted by Crippen LogP contribution is 2.22. The second-order valence-corrected chi connectivity index (χ2v) is 5.29. The summed E-state index contributed by atoms with van der Waals surface area (Å²) in [7, 11) is 2.31. The van der Waals surface area contributed by atoms with E-state index in [0.717, 1.165) is 12.6 Å². The van der Waals surface area contributed by atoms with Crippen LogP contribution in [0.3, 0.4) is 0 Å². The van der Waals surface area contributed by atoms with Crippen molar-refractivity contribution in [3.8, 4) is 0 Å². The molecule has 87 valence electrons. The van der Waals surface area contributed by atoms with Crippen molar-refractivity contribution in [2.45, 2.75) is 63.5 Å². The molecule has 2 aliphatic rings. The van der Waals surface area contributed by atoms with E-state index in [2.05, 4.69) is 11.9 Å². The van der Waals surface area contributed by atoms with Crippen LogP contribution in [-0.4, -0.2) is 37.1 Å². The Kier molecular flexibility index (Phi) is 4.45. The second kappa shape index (κ2) is 5.86. The average Bonchev–Trinajstić information content (AvgIpc) is 2.31. The lowest BCUT2D eigenvalue weighted by atomic mass is 9.94. The van der Waals surface area contributed by atoms with E-state index < -0.39 is 0 Å². The topological polar surface area (TPSA) is 17.3 Å². The third-order valence-corrected chi connectivity index (χ3v) is 4.03. The van der Waals surface area contributed by atoms with Crippen LogP contribution in [0.4, 0.5) is 0 Å². The Balaban J connectivity index is 1.72. The fourth-order valence-electron chi connectivity index (χ4n) is 3.01. The zero-order valence-corrected chi connectivity index (χ0v) is 10.1. The first-order chi connectivity index (χ1) is 7.36. The molecule has 1 heterocycles. The molecule has 0 aromatic rings. The standard InChI is InChI=1S/C13H25N2/c1-15(13-8-3-2-4-9-13)11-12-7-5-6-10-14-12/h12-13H,2-11H2,1H3. The van der Waals surface area contributed by atoms with Crippen LogP contribution in [0.5, 0.6) is 0 Å². The van der Waals surface area contributed by atoms with Crippen molar-refractivity contribution < 1.29 is 0 Å². The molecule has 0 amide bonds. The van der Waals surface area contributed by atoms with Crippen LogP contribution in [0.1, 0.15) is 51.4 Å². The molecule has 2 fully saturated rings. The van der Waals surface area contributed by atoms with E-state index in [1.807, 2.05) is 0 Å². The van der Waals surface area contributed by atoms with Crippen molar-refractivity contribution in [2.24, 2.45) is 0 Å². The van der Waals surface area contributed by atoms with E-state index in [4.69, 9.17) is 5.32 Å². The van der Waals surface area contributed by atoms with Gasteiger partial charge in [0.1, 0.15) is 0 Å². The quantitative estimate of drug-likeness (QED) is 0.698. The number of rotatable bonds is 3. The van der Waals surface area contributed by atoms with Gasteiger partial charge < -0.3 is 4.90 Å². The van der Waals surface area contributed by atoms with Crippen LogP contribution >= 0.6 is 0 Å². The first-order valence-electron chi connectivity index (χ1n) is 6.73. The van der Waals surface area contributed by atoms with E-state index in [1.165, 1.54) is 57.9 Å². The van der Waals surface area contributed by atoms with Crippen LogP contribution < -0.4 is 5.32 Å². The summed E-state index contributed by atoms with van der Waals surface area (Å²) in [6.45, 7) is 2.33. The van der Waals surface area contributed by atoms with Crippen LogP contribution in [0.25, 0.3) is 0 Å². The van der Waals surface area contributed by atoms with Gasteiger partial charge in [-0.1, -0.05) is 25.7 Å². The fraction of sp³-hybridized carbons (Fsp3) is 1.00. The van der Waals surface area contributed by atoms with Crippen molar-refractivity contribution in [3.63, 3.8) is 0 Å². The van der Waals surface area contributed by atoms with Gasteiger partial charge in [-0.3, -0.25) is 0 Å². The normalized spacial score (nSPS) is 29.6. The van der Waals surface area contributed by atoms with Crippen LogP contribution in [0.2, 0.25) is 0 Å². The van der Waals surface area contributed by atoms with Crippen molar-refractivity contribution in [2.75, 3.05) is 20.1 Å². The van der Waals surface area contributed by atoms with Gasteiger partial charge in [0, 0.05) is 25.2 Å². The molecule has 2 nitrogen and oxygen atoms in total. The summed E-state index contributed by atoms with van der Waals surface area (Å²) >= 11 is 0. The molecular formula is C13H25N2. The maximum Gasteiger partial charge on any atom is 0.0373 e. The predicted octanol–water partition coefficient (Wildman–Crippen LogP) is 2.41. The lowest BCUT2D eigenvalue weighted by Crippen LogP contribution is -2.43. The summed E-state index contributed by atoms with van der Waals surface area (Å²) in [6.07, 6.45) is 11.2. The first kappa shape index (κ1) is 11.4. The van der Waals surface area contributed by atoms with Crippen LogP contribution in [0.15, 0.2) is 0 Å². The van der Waals surface area contributed by atoms with Gasteiger partial charge in [-0.2, -0.15) is 0 Å². The van der Waals surface area contributed by atoms with E-state index in [9.17, 15) is 0 Å². The van der Waals surface area contributed by atoms with Crippen molar-refractivity contribution in [3.05, 3.63) is 0 Å². The van der Waals surface area contributed by atoms with Crippen molar-refractivity contribution >= 4 is 0 Å². The molecule has 15 heavy (non-hydrogen) atoms. The zero-order valence-electron chi connectivity index (χ0n) is 10.1. The molecule has 1 unspecified atom stereocenters. The van der Waals surface area contributed by atoms with E-state index in [1.54, 1.807) is 0 Å². The number of piperidine rings is 1. The Morgan fingerprint density at radius 2 is 1.73 bits per heavy atom. The molecule has 1 aliphatic heterocycles. The molecule has 1 atom stereocenters. The number of likely N-dealkylation sites (N-methyl/N-ethyl adjacent to an activating group) is 1. The maximum absolute atomic E-state index is 4.72. The molecular weight excluding hydrogens is 184 g/mol. The monoisotopic (exact) mass is 209 g/mol. The number of hydrogen-bond acceptors (Lipinski definition) is 1. The lowest BCUT2D eigenvalue weighted by molar-refractivity contribution is 0.164. The summed E-state index contributed by atoms with van der Waals surface area (Å²) < 4.78 is 0. The summed E-state index contributed by atoms with van der Waals surface area (Å²) in [6, 6.07) is 1.50. The number of nitrogens with zero attached hydrogens (tertiary/aromatic N) is 2. The molecule has 1 radical (unpaired) electrons. The van der Waals surface area contributed by atoms with Gasteiger partial charge in [0.15, 0.2) is 0 Å². The van der Waals surface area contributed by atoms with Gasteiger partial charge in [-0.15, -0.1) is 0 Å². The van der Waals surface area contributed by atoms with Crippen molar-refractivity contribution in [1.29, 1.82) is 0 Å². The highest BCUT2D eigenvalue weighted by molar-refractivity contribution is 4.79. The molecule has 0 spiro atoms. The van der Waals surface area contributed by atoms with Gasteiger partial charge >= 0.3 is 0 Å². The van der Waals surface area contributed by atoms with Gasteiger partial charge in [-0.05, 0) is 32.7 Å². The van der Waals surface area contributed by atoms with Crippen molar-refractivity contribution in [1.82, 2.24) is 10.2 Å². The molecule has 1 saturated heterocycles. The van der Waals surface area contributed by atoms with E-state index in [-0.39, 0.29) is 0 Å². The summed E-state index contributed by atoms with van der Waals surface area (Å²) in [5.74, 6) is 0. The average molecular weight is 209 g/mol. The van der Waals surface area contributed by atoms with Gasteiger partial charge in [0.05, 0.1) is 0 Å². The predicted molar refractivity (Wildman–Crippen MR) is 64.1 cm³/mol. The minimum Gasteiger partial charge on any atom is -0.302 e. The van der Waals surface area contributed by atoms with E-state index >= 15 is 0 Å². The third kappa shape index (κ3) is 3.46. The third-order valence-electron chi connectivity index (χ3n) is 4.03. The largest absolute Gasteiger partial charge is 0.302 e. The fourth-order valence-corrected chi connectivity index (χ4v) is 3.01. The molecule has 0 aromatic heterocycles. The Morgan fingerprint density at radius 1 is 1.00 bits per heavy atom. The summed E-state index contributed by atoms with van der Waals surface area (Å²) in [5, 5.41) is 4.72. The molecule has 0 aromatic carbocycles. The Hall–Kier alpha value is -0.0800. The van der Waals surface area contributed by atoms with Gasteiger partial charge in [-0.25, -0.2) is 5.32 Å². The summed E-state index contributed by atoms with van der Waals surface area (Å²) in [5.41, 5.74) is 0. The van der Waals surface area contributed by atoms with Crippen LogP contribution in [0, 0.1) is 0 Å².